The van der Waals surface area contributed by atoms with Gasteiger partial charge < -0.3 is 14.9 Å². The smallest absolute Gasteiger partial charge is 0.0612 e. The molecule has 3 heteroatoms. The lowest BCUT2D eigenvalue weighted by molar-refractivity contribution is -0.249. The molecule has 14 atom stereocenters. The fraction of sp³-hybridized carbons (Fsp3) is 1.00. The van der Waals surface area contributed by atoms with Gasteiger partial charge in [0.15, 0.2) is 0 Å². The highest BCUT2D eigenvalue weighted by Gasteiger charge is 2.62. The van der Waals surface area contributed by atoms with Crippen LogP contribution in [0.4, 0.5) is 0 Å². The van der Waals surface area contributed by atoms with Crippen LogP contribution in [-0.4, -0.2) is 34.6 Å². The van der Waals surface area contributed by atoms with Crippen molar-refractivity contribution in [3.8, 4) is 0 Å². The maximum absolute atomic E-state index is 10.7. The van der Waals surface area contributed by atoms with E-state index in [-0.39, 0.29) is 12.2 Å². The van der Waals surface area contributed by atoms with E-state index in [1.807, 2.05) is 0 Å². The molecule has 0 spiro atoms. The third-order valence-corrected chi connectivity index (χ3v) is 14.7. The maximum Gasteiger partial charge on any atom is 0.0612 e. The molecule has 1 saturated heterocycles. The summed E-state index contributed by atoms with van der Waals surface area (Å²) in [5.41, 5.74) is 0. The summed E-state index contributed by atoms with van der Waals surface area (Å²) < 4.78 is 7.31. The molecule has 214 valence electrons. The molecule has 7 saturated carbocycles. The Bertz CT molecular complexity index is 779. The second kappa shape index (κ2) is 10.3. The van der Waals surface area contributed by atoms with E-state index in [1.165, 1.54) is 89.9 Å². The molecule has 0 aromatic heterocycles. The van der Waals surface area contributed by atoms with Gasteiger partial charge in [-0.2, -0.15) is 0 Å². The maximum atomic E-state index is 10.7. The van der Waals surface area contributed by atoms with Crippen LogP contribution in [0.1, 0.15) is 122 Å². The van der Waals surface area contributed by atoms with Gasteiger partial charge in [-0.1, -0.05) is 38.5 Å². The number of aliphatic hydroxyl groups is 2. The summed E-state index contributed by atoms with van der Waals surface area (Å²) in [5, 5.41) is 21.4. The van der Waals surface area contributed by atoms with Crippen molar-refractivity contribution in [2.24, 2.45) is 71.0 Å². The van der Waals surface area contributed by atoms with Crippen molar-refractivity contribution in [2.75, 3.05) is 0 Å². The average molecular weight is 525 g/mol. The van der Waals surface area contributed by atoms with Gasteiger partial charge in [0.2, 0.25) is 0 Å². The lowest BCUT2D eigenvalue weighted by Gasteiger charge is -2.65. The second-order valence-corrected chi connectivity index (χ2v) is 16.1. The molecule has 7 aliphatic carbocycles. The molecule has 3 nitrogen and oxygen atoms in total. The molecule has 0 aromatic carbocycles. The van der Waals surface area contributed by atoms with Crippen LogP contribution in [0.2, 0.25) is 0 Å². The summed E-state index contributed by atoms with van der Waals surface area (Å²) >= 11 is 0. The minimum atomic E-state index is -0.0532. The van der Waals surface area contributed by atoms with Crippen molar-refractivity contribution in [1.29, 1.82) is 0 Å². The fourth-order valence-electron chi connectivity index (χ4n) is 13.6. The zero-order chi connectivity index (χ0) is 25.4. The lowest BCUT2D eigenvalue weighted by Crippen LogP contribution is -2.63. The molecular weight excluding hydrogens is 468 g/mol. The zero-order valence-electron chi connectivity index (χ0n) is 24.0. The van der Waals surface area contributed by atoms with E-state index in [9.17, 15) is 10.2 Å². The van der Waals surface area contributed by atoms with Gasteiger partial charge in [-0.05, 0) is 154 Å². The first-order chi connectivity index (χ1) is 18.7. The van der Waals surface area contributed by atoms with Crippen molar-refractivity contribution < 1.29 is 14.9 Å². The summed E-state index contributed by atoms with van der Waals surface area (Å²) in [5.74, 6) is 10.4. The number of fused-ring (bicyclic) bond motifs is 8. The SMILES string of the molecule is OC1CCC2C(CCC3OC4CCC5CC(O)CCC5C4C(C4C5CCCCC5CC5CCCCC54)C32)C1. The molecule has 0 radical (unpaired) electrons. The van der Waals surface area contributed by atoms with E-state index in [2.05, 4.69) is 0 Å². The van der Waals surface area contributed by atoms with Gasteiger partial charge in [0.25, 0.3) is 0 Å². The first kappa shape index (κ1) is 25.6. The van der Waals surface area contributed by atoms with E-state index in [4.69, 9.17) is 4.74 Å². The standard InChI is InChI=1S/C35H56O3/c36-24-11-13-28-22(18-24)9-15-30-33(28)35(34-29-14-12-25(37)19-23(29)10-16-31(34)38-30)32-26-7-3-1-5-20(26)17-21-6-2-4-8-27(21)32/h20-37H,1-19H2. The largest absolute Gasteiger partial charge is 0.393 e. The quantitative estimate of drug-likeness (QED) is 0.376. The molecular formula is C35H56O3. The van der Waals surface area contributed by atoms with Gasteiger partial charge in [-0.3, -0.25) is 0 Å². The van der Waals surface area contributed by atoms with E-state index < -0.39 is 0 Å². The first-order valence-corrected chi connectivity index (χ1v) is 17.7. The predicted octanol–water partition coefficient (Wildman–Crippen LogP) is 7.38. The Morgan fingerprint density at radius 1 is 0.368 bits per heavy atom. The van der Waals surface area contributed by atoms with Crippen molar-refractivity contribution in [3.63, 3.8) is 0 Å². The van der Waals surface area contributed by atoms with Crippen LogP contribution < -0.4 is 0 Å². The van der Waals surface area contributed by atoms with Crippen LogP contribution in [-0.2, 0) is 4.74 Å². The highest BCUT2D eigenvalue weighted by molar-refractivity contribution is 5.10. The van der Waals surface area contributed by atoms with E-state index in [0.29, 0.717) is 12.2 Å². The molecule has 38 heavy (non-hydrogen) atoms. The van der Waals surface area contributed by atoms with E-state index >= 15 is 0 Å². The lowest BCUT2D eigenvalue weighted by atomic mass is 9.43. The molecule has 8 rings (SSSR count). The molecule has 0 amide bonds. The summed E-state index contributed by atoms with van der Waals surface area (Å²) in [6.07, 6.45) is 26.3. The first-order valence-electron chi connectivity index (χ1n) is 17.7. The van der Waals surface area contributed by atoms with Crippen molar-refractivity contribution in [1.82, 2.24) is 0 Å². The molecule has 0 aromatic rings. The number of hydrogen-bond donors (Lipinski definition) is 2. The van der Waals surface area contributed by atoms with Crippen LogP contribution in [0.3, 0.4) is 0 Å². The minimum absolute atomic E-state index is 0.0532. The Kier molecular flexibility index (Phi) is 6.94. The fourth-order valence-corrected chi connectivity index (χ4v) is 13.6. The van der Waals surface area contributed by atoms with E-state index in [1.54, 1.807) is 6.42 Å². The van der Waals surface area contributed by atoms with Crippen LogP contribution in [0.25, 0.3) is 0 Å². The zero-order valence-corrected chi connectivity index (χ0v) is 24.0. The number of hydrogen-bond acceptors (Lipinski definition) is 3. The van der Waals surface area contributed by atoms with Gasteiger partial charge in [0.05, 0.1) is 24.4 Å². The summed E-state index contributed by atoms with van der Waals surface area (Å²) in [6.45, 7) is 0. The van der Waals surface area contributed by atoms with Crippen LogP contribution in [0.15, 0.2) is 0 Å². The molecule has 1 aliphatic heterocycles. The van der Waals surface area contributed by atoms with Gasteiger partial charge in [-0.25, -0.2) is 0 Å². The Balaban J connectivity index is 1.23. The molecule has 2 N–H and O–H groups in total. The van der Waals surface area contributed by atoms with Gasteiger partial charge in [0.1, 0.15) is 0 Å². The van der Waals surface area contributed by atoms with Crippen LogP contribution >= 0.6 is 0 Å². The number of ether oxygens (including phenoxy) is 1. The number of aliphatic hydroxyl groups excluding tert-OH is 2. The Labute approximate surface area is 232 Å². The Morgan fingerprint density at radius 2 is 0.816 bits per heavy atom. The summed E-state index contributed by atoms with van der Waals surface area (Å²) in [6, 6.07) is 0. The predicted molar refractivity (Wildman–Crippen MR) is 150 cm³/mol. The summed E-state index contributed by atoms with van der Waals surface area (Å²) in [4.78, 5) is 0. The van der Waals surface area contributed by atoms with Crippen molar-refractivity contribution >= 4 is 0 Å². The monoisotopic (exact) mass is 524 g/mol. The van der Waals surface area contributed by atoms with Crippen LogP contribution in [0.5, 0.6) is 0 Å². The summed E-state index contributed by atoms with van der Waals surface area (Å²) in [7, 11) is 0. The second-order valence-electron chi connectivity index (χ2n) is 16.1. The topological polar surface area (TPSA) is 49.7 Å². The third-order valence-electron chi connectivity index (χ3n) is 14.7. The number of rotatable bonds is 1. The highest BCUT2D eigenvalue weighted by Crippen LogP contribution is 2.65. The molecule has 1 heterocycles. The van der Waals surface area contributed by atoms with Crippen molar-refractivity contribution in [2.45, 2.75) is 146 Å². The highest BCUT2D eigenvalue weighted by atomic mass is 16.5. The Morgan fingerprint density at radius 3 is 1.34 bits per heavy atom. The van der Waals surface area contributed by atoms with Gasteiger partial charge in [0, 0.05) is 0 Å². The van der Waals surface area contributed by atoms with E-state index in [0.717, 1.165) is 96.7 Å². The van der Waals surface area contributed by atoms with Crippen LogP contribution in [0, 0.1) is 71.0 Å². The average Bonchev–Trinajstić information content (AvgIpc) is 2.94. The molecule has 14 unspecified atom stereocenters. The minimum Gasteiger partial charge on any atom is -0.393 e. The Hall–Kier alpha value is -0.120. The molecule has 8 fully saturated rings. The third kappa shape index (κ3) is 4.21. The normalized spacial score (nSPS) is 58.3. The van der Waals surface area contributed by atoms with Crippen molar-refractivity contribution in [3.05, 3.63) is 0 Å². The molecule has 8 aliphatic rings. The van der Waals surface area contributed by atoms with Gasteiger partial charge in [-0.15, -0.1) is 0 Å². The van der Waals surface area contributed by atoms with Gasteiger partial charge >= 0.3 is 0 Å². The molecule has 0 bridgehead atoms.